The number of hydrogen-bond donors (Lipinski definition) is 1. The van der Waals surface area contributed by atoms with Gasteiger partial charge in [-0.25, -0.2) is 4.79 Å². The number of aliphatic hydroxyl groups is 1. The number of amides is 1. The molecule has 5 heteroatoms. The Morgan fingerprint density at radius 2 is 2.09 bits per heavy atom. The molecule has 124 valence electrons. The minimum atomic E-state index is -1.09. The summed E-state index contributed by atoms with van der Waals surface area (Å²) in [6, 6.07) is 2.40. The molecular formula is C17H28N2O3. The quantitative estimate of drug-likeness (QED) is 0.850. The fourth-order valence-corrected chi connectivity index (χ4v) is 3.71. The van der Waals surface area contributed by atoms with Gasteiger partial charge in [0, 0.05) is 0 Å². The van der Waals surface area contributed by atoms with Crippen molar-refractivity contribution in [3.05, 3.63) is 0 Å². The Hall–Kier alpha value is -1.28. The molecule has 0 aromatic rings. The van der Waals surface area contributed by atoms with E-state index in [-0.39, 0.29) is 13.1 Å². The lowest BCUT2D eigenvalue weighted by molar-refractivity contribution is -0.168. The maximum absolute atomic E-state index is 12.0. The third-order valence-electron chi connectivity index (χ3n) is 5.09. The summed E-state index contributed by atoms with van der Waals surface area (Å²) in [6.07, 6.45) is 4.19. The monoisotopic (exact) mass is 308 g/mol. The smallest absolute Gasteiger partial charge is 0.410 e. The molecule has 2 rings (SSSR count). The molecule has 2 atom stereocenters. The van der Waals surface area contributed by atoms with E-state index in [0.29, 0.717) is 5.92 Å². The highest BCUT2D eigenvalue weighted by Crippen LogP contribution is 2.50. The number of carbonyl (C=O) groups excluding carboxylic acids is 1. The maximum Gasteiger partial charge on any atom is 0.410 e. The number of nitrogens with zero attached hydrogens (tertiary/aromatic N) is 2. The van der Waals surface area contributed by atoms with E-state index >= 15 is 0 Å². The number of β-amino-alcohol motifs (C(OH)–C–C–N with tert-alkyl or cyclic N) is 1. The number of carbonyl (C=O) groups is 1. The second-order valence-corrected chi connectivity index (χ2v) is 7.93. The van der Waals surface area contributed by atoms with Crippen molar-refractivity contribution >= 4 is 6.09 Å². The highest BCUT2D eigenvalue weighted by molar-refractivity contribution is 5.70. The van der Waals surface area contributed by atoms with Gasteiger partial charge in [0.1, 0.15) is 11.2 Å². The predicted molar refractivity (Wildman–Crippen MR) is 83.1 cm³/mol. The zero-order valence-electron chi connectivity index (χ0n) is 14.2. The summed E-state index contributed by atoms with van der Waals surface area (Å²) in [7, 11) is 0. The molecule has 0 spiro atoms. The van der Waals surface area contributed by atoms with Gasteiger partial charge in [0.2, 0.25) is 0 Å². The Labute approximate surface area is 133 Å². The van der Waals surface area contributed by atoms with Gasteiger partial charge in [-0.15, -0.1) is 0 Å². The van der Waals surface area contributed by atoms with Crippen LogP contribution in [-0.4, -0.2) is 40.4 Å². The van der Waals surface area contributed by atoms with E-state index in [4.69, 9.17) is 4.74 Å². The Balaban J connectivity index is 2.04. The molecule has 0 aromatic carbocycles. The first kappa shape index (κ1) is 17.1. The molecule has 1 amide bonds. The van der Waals surface area contributed by atoms with Gasteiger partial charge in [-0.05, 0) is 39.5 Å². The standard InChI is InChI=1S/C17H28N2O3/c1-5-13-7-6-8-16(9-13,10-18)17(21)11-19(12-17)14(20)22-15(2,3)4/h13,21H,5-9,11-12H2,1-4H3. The number of rotatable bonds is 2. The average molecular weight is 308 g/mol. The van der Waals surface area contributed by atoms with Gasteiger partial charge in [0.25, 0.3) is 0 Å². The van der Waals surface area contributed by atoms with E-state index in [1.807, 2.05) is 20.8 Å². The van der Waals surface area contributed by atoms with Crippen LogP contribution in [0.3, 0.4) is 0 Å². The average Bonchev–Trinajstić information content (AvgIpc) is 2.41. The molecule has 1 saturated heterocycles. The summed E-state index contributed by atoms with van der Waals surface area (Å²) in [5, 5.41) is 20.7. The molecule has 5 nitrogen and oxygen atoms in total. The van der Waals surface area contributed by atoms with Crippen molar-refractivity contribution in [1.82, 2.24) is 4.90 Å². The molecule has 1 aliphatic heterocycles. The van der Waals surface area contributed by atoms with Gasteiger partial charge in [-0.2, -0.15) is 5.26 Å². The van der Waals surface area contributed by atoms with Crippen LogP contribution in [0.1, 0.15) is 59.8 Å². The van der Waals surface area contributed by atoms with E-state index in [9.17, 15) is 15.2 Å². The van der Waals surface area contributed by atoms with Crippen LogP contribution in [-0.2, 0) is 4.74 Å². The van der Waals surface area contributed by atoms with Crippen molar-refractivity contribution in [2.75, 3.05) is 13.1 Å². The van der Waals surface area contributed by atoms with E-state index in [0.717, 1.165) is 32.1 Å². The summed E-state index contributed by atoms with van der Waals surface area (Å²) < 4.78 is 5.32. The number of hydrogen-bond acceptors (Lipinski definition) is 4. The molecule has 2 unspecified atom stereocenters. The molecule has 1 saturated carbocycles. The van der Waals surface area contributed by atoms with E-state index in [1.54, 1.807) is 0 Å². The largest absolute Gasteiger partial charge is 0.444 e. The molecule has 2 fully saturated rings. The third kappa shape index (κ3) is 3.08. The topological polar surface area (TPSA) is 73.6 Å². The fraction of sp³-hybridized carbons (Fsp3) is 0.882. The molecule has 1 N–H and O–H groups in total. The van der Waals surface area contributed by atoms with Crippen LogP contribution in [0, 0.1) is 22.7 Å². The van der Waals surface area contributed by atoms with Crippen LogP contribution in [0.4, 0.5) is 4.79 Å². The fourth-order valence-electron chi connectivity index (χ4n) is 3.71. The van der Waals surface area contributed by atoms with Gasteiger partial charge < -0.3 is 14.7 Å². The van der Waals surface area contributed by atoms with Gasteiger partial charge >= 0.3 is 6.09 Å². The number of likely N-dealkylation sites (tertiary alicyclic amines) is 1. The molecule has 1 heterocycles. The first-order chi connectivity index (χ1) is 10.1. The van der Waals surface area contributed by atoms with Gasteiger partial charge in [0.15, 0.2) is 0 Å². The van der Waals surface area contributed by atoms with E-state index in [1.165, 1.54) is 4.90 Å². The van der Waals surface area contributed by atoms with Crippen molar-refractivity contribution in [3.63, 3.8) is 0 Å². The lowest BCUT2D eigenvalue weighted by atomic mass is 9.58. The van der Waals surface area contributed by atoms with Crippen molar-refractivity contribution in [1.29, 1.82) is 5.26 Å². The number of ether oxygens (including phenoxy) is 1. The normalized spacial score (nSPS) is 31.1. The minimum absolute atomic E-state index is 0.200. The zero-order valence-corrected chi connectivity index (χ0v) is 14.2. The van der Waals surface area contributed by atoms with Crippen LogP contribution < -0.4 is 0 Å². The predicted octanol–water partition coefficient (Wildman–Crippen LogP) is 3.08. The molecule has 0 bridgehead atoms. The Morgan fingerprint density at radius 1 is 1.45 bits per heavy atom. The second-order valence-electron chi connectivity index (χ2n) is 7.93. The summed E-state index contributed by atoms with van der Waals surface area (Å²) in [5.41, 5.74) is -2.35. The highest BCUT2D eigenvalue weighted by atomic mass is 16.6. The van der Waals surface area contributed by atoms with Gasteiger partial charge in [-0.1, -0.05) is 26.2 Å². The van der Waals surface area contributed by atoms with Crippen LogP contribution >= 0.6 is 0 Å². The van der Waals surface area contributed by atoms with Crippen LogP contribution in [0.15, 0.2) is 0 Å². The van der Waals surface area contributed by atoms with Crippen LogP contribution in [0.2, 0.25) is 0 Å². The zero-order chi connectivity index (χ0) is 16.6. The Kier molecular flexibility index (Phi) is 4.45. The Morgan fingerprint density at radius 3 is 2.59 bits per heavy atom. The van der Waals surface area contributed by atoms with Gasteiger partial charge in [0.05, 0.1) is 24.6 Å². The van der Waals surface area contributed by atoms with Crippen molar-refractivity contribution < 1.29 is 14.6 Å². The van der Waals surface area contributed by atoms with E-state index < -0.39 is 22.7 Å². The SMILES string of the molecule is CCC1CCCC(C#N)(C2(O)CN(C(=O)OC(C)(C)C)C2)C1. The first-order valence-corrected chi connectivity index (χ1v) is 8.26. The molecule has 22 heavy (non-hydrogen) atoms. The summed E-state index contributed by atoms with van der Waals surface area (Å²) in [4.78, 5) is 13.5. The van der Waals surface area contributed by atoms with Crippen molar-refractivity contribution in [3.8, 4) is 6.07 Å². The highest BCUT2D eigenvalue weighted by Gasteiger charge is 2.60. The molecular weight excluding hydrogens is 280 g/mol. The molecule has 0 aromatic heterocycles. The summed E-state index contributed by atoms with van der Waals surface area (Å²) in [5.74, 6) is 0.494. The third-order valence-corrected chi connectivity index (χ3v) is 5.09. The van der Waals surface area contributed by atoms with Crippen molar-refractivity contribution in [2.24, 2.45) is 11.3 Å². The minimum Gasteiger partial charge on any atom is -0.444 e. The molecule has 0 radical (unpaired) electrons. The Bertz CT molecular complexity index is 471. The summed E-state index contributed by atoms with van der Waals surface area (Å²) in [6.45, 7) is 8.00. The molecule has 1 aliphatic carbocycles. The lowest BCUT2D eigenvalue weighted by Crippen LogP contribution is -2.71. The van der Waals surface area contributed by atoms with Crippen molar-refractivity contribution in [2.45, 2.75) is 71.0 Å². The van der Waals surface area contributed by atoms with E-state index in [2.05, 4.69) is 13.0 Å². The first-order valence-electron chi connectivity index (χ1n) is 8.26. The van der Waals surface area contributed by atoms with Crippen LogP contribution in [0.25, 0.3) is 0 Å². The lowest BCUT2D eigenvalue weighted by Gasteiger charge is -2.56. The number of nitriles is 1. The van der Waals surface area contributed by atoms with Crippen LogP contribution in [0.5, 0.6) is 0 Å². The molecule has 2 aliphatic rings. The second kappa shape index (κ2) is 5.73. The van der Waals surface area contributed by atoms with Gasteiger partial charge in [-0.3, -0.25) is 0 Å². The maximum atomic E-state index is 12.0. The summed E-state index contributed by atoms with van der Waals surface area (Å²) >= 11 is 0.